The number of nitrogens with one attached hydrogen (secondary N) is 1. The van der Waals surface area contributed by atoms with E-state index in [1.165, 1.54) is 24.3 Å². The highest BCUT2D eigenvalue weighted by Gasteiger charge is 2.20. The lowest BCUT2D eigenvalue weighted by Crippen LogP contribution is -2.15. The molecular formula is C14H10BrFN2O3. The Labute approximate surface area is 128 Å². The van der Waals surface area contributed by atoms with Gasteiger partial charge in [-0.05, 0) is 24.3 Å². The highest BCUT2D eigenvalue weighted by molar-refractivity contribution is 9.10. The number of carbonyl (C=O) groups is 1. The average Bonchev–Trinajstić information content (AvgIpc) is 2.89. The van der Waals surface area contributed by atoms with Crippen LogP contribution < -0.4 is 20.5 Å². The summed E-state index contributed by atoms with van der Waals surface area (Å²) < 4.78 is 24.7. The summed E-state index contributed by atoms with van der Waals surface area (Å²) in [5.41, 5.74) is 6.30. The second kappa shape index (κ2) is 5.25. The molecule has 1 aliphatic heterocycles. The fourth-order valence-corrected chi connectivity index (χ4v) is 2.30. The zero-order valence-corrected chi connectivity index (χ0v) is 12.2. The normalized spacial score (nSPS) is 12.3. The number of ether oxygens (including phenoxy) is 2. The maximum absolute atomic E-state index is 13.7. The van der Waals surface area contributed by atoms with Gasteiger partial charge in [-0.25, -0.2) is 4.39 Å². The first-order chi connectivity index (χ1) is 10.0. The van der Waals surface area contributed by atoms with E-state index in [1.54, 1.807) is 6.07 Å². The first-order valence-electron chi connectivity index (χ1n) is 6.00. The van der Waals surface area contributed by atoms with Crippen molar-refractivity contribution in [3.05, 3.63) is 46.2 Å². The van der Waals surface area contributed by atoms with Crippen LogP contribution in [0.25, 0.3) is 0 Å². The third-order valence-corrected chi connectivity index (χ3v) is 3.46. The van der Waals surface area contributed by atoms with Crippen molar-refractivity contribution in [2.75, 3.05) is 17.8 Å². The molecule has 0 saturated heterocycles. The first-order valence-corrected chi connectivity index (χ1v) is 6.79. The third-order valence-electron chi connectivity index (χ3n) is 2.97. The number of hydrogen-bond donors (Lipinski definition) is 2. The van der Waals surface area contributed by atoms with Gasteiger partial charge in [0.15, 0.2) is 11.5 Å². The van der Waals surface area contributed by atoms with E-state index in [0.29, 0.717) is 16.0 Å². The molecule has 1 aliphatic rings. The third kappa shape index (κ3) is 2.64. The Balaban J connectivity index is 1.91. The van der Waals surface area contributed by atoms with Gasteiger partial charge in [0.2, 0.25) is 6.79 Å². The summed E-state index contributed by atoms with van der Waals surface area (Å²) in [5.74, 6) is -0.143. The van der Waals surface area contributed by atoms with Gasteiger partial charge in [-0.1, -0.05) is 15.9 Å². The summed E-state index contributed by atoms with van der Waals surface area (Å²) in [4.78, 5) is 12.2. The van der Waals surface area contributed by atoms with Crippen LogP contribution in [0.2, 0.25) is 0 Å². The van der Waals surface area contributed by atoms with Crippen LogP contribution in [0.1, 0.15) is 10.4 Å². The molecule has 0 radical (unpaired) electrons. The largest absolute Gasteiger partial charge is 0.454 e. The summed E-state index contributed by atoms with van der Waals surface area (Å²) in [6.45, 7) is 0.0834. The molecule has 0 bridgehead atoms. The van der Waals surface area contributed by atoms with Crippen LogP contribution in [0.4, 0.5) is 15.8 Å². The fourth-order valence-electron chi connectivity index (χ4n) is 1.94. The van der Waals surface area contributed by atoms with Crippen molar-refractivity contribution in [1.29, 1.82) is 0 Å². The smallest absolute Gasteiger partial charge is 0.257 e. The van der Waals surface area contributed by atoms with E-state index < -0.39 is 11.7 Å². The highest BCUT2D eigenvalue weighted by Crippen LogP contribution is 2.36. The zero-order chi connectivity index (χ0) is 15.0. The number of rotatable bonds is 2. The van der Waals surface area contributed by atoms with Crippen molar-refractivity contribution >= 4 is 33.2 Å². The maximum Gasteiger partial charge on any atom is 0.257 e. The number of fused-ring (bicyclic) bond motifs is 1. The Morgan fingerprint density at radius 3 is 2.71 bits per heavy atom. The summed E-state index contributed by atoms with van der Waals surface area (Å²) in [7, 11) is 0. The van der Waals surface area contributed by atoms with Crippen LogP contribution in [-0.4, -0.2) is 12.7 Å². The standard InChI is InChI=1S/C14H10BrFN2O3/c15-7-1-2-9(16)11(3-7)18-14(19)8-4-12-13(5-10(8)17)21-6-20-12/h1-5H,6,17H2,(H,18,19). The van der Waals surface area contributed by atoms with E-state index in [4.69, 9.17) is 15.2 Å². The van der Waals surface area contributed by atoms with Crippen molar-refractivity contribution in [2.24, 2.45) is 0 Å². The number of halogens is 2. The molecule has 0 atom stereocenters. The molecule has 0 fully saturated rings. The molecule has 0 spiro atoms. The minimum absolute atomic E-state index is 0.0615. The van der Waals surface area contributed by atoms with Crippen molar-refractivity contribution in [2.45, 2.75) is 0 Å². The lowest BCUT2D eigenvalue weighted by atomic mass is 10.1. The van der Waals surface area contributed by atoms with Gasteiger partial charge >= 0.3 is 0 Å². The molecule has 21 heavy (non-hydrogen) atoms. The Morgan fingerprint density at radius 2 is 1.95 bits per heavy atom. The molecule has 3 N–H and O–H groups in total. The Hall–Kier alpha value is -2.28. The van der Waals surface area contributed by atoms with Gasteiger partial charge < -0.3 is 20.5 Å². The van der Waals surface area contributed by atoms with Gasteiger partial charge in [0.1, 0.15) is 5.82 Å². The quantitative estimate of drug-likeness (QED) is 0.814. The topological polar surface area (TPSA) is 73.6 Å². The average molecular weight is 353 g/mol. The number of anilines is 2. The van der Waals surface area contributed by atoms with Gasteiger partial charge in [-0.2, -0.15) is 0 Å². The van der Waals surface area contributed by atoms with Crippen LogP contribution >= 0.6 is 15.9 Å². The van der Waals surface area contributed by atoms with Gasteiger partial charge in [-0.15, -0.1) is 0 Å². The lowest BCUT2D eigenvalue weighted by molar-refractivity contribution is 0.102. The number of nitrogens with two attached hydrogens (primary N) is 1. The highest BCUT2D eigenvalue weighted by atomic mass is 79.9. The number of carbonyl (C=O) groups excluding carboxylic acids is 1. The molecule has 0 unspecified atom stereocenters. The molecule has 2 aromatic carbocycles. The van der Waals surface area contributed by atoms with E-state index in [1.807, 2.05) is 0 Å². The van der Waals surface area contributed by atoms with Crippen LogP contribution in [-0.2, 0) is 0 Å². The number of amides is 1. The number of nitrogen functional groups attached to an aromatic ring is 1. The Kier molecular flexibility index (Phi) is 3.42. The van der Waals surface area contributed by atoms with E-state index in [-0.39, 0.29) is 23.7 Å². The van der Waals surface area contributed by atoms with Crippen LogP contribution in [0, 0.1) is 5.82 Å². The predicted octanol–water partition coefficient (Wildman–Crippen LogP) is 3.15. The molecule has 3 rings (SSSR count). The first kappa shape index (κ1) is 13.7. The van der Waals surface area contributed by atoms with Crippen molar-refractivity contribution in [3.63, 3.8) is 0 Å². The number of benzene rings is 2. The van der Waals surface area contributed by atoms with E-state index in [9.17, 15) is 9.18 Å². The van der Waals surface area contributed by atoms with E-state index in [0.717, 1.165) is 0 Å². The van der Waals surface area contributed by atoms with Crippen molar-refractivity contribution < 1.29 is 18.7 Å². The van der Waals surface area contributed by atoms with Gasteiger partial charge in [0, 0.05) is 16.2 Å². The van der Waals surface area contributed by atoms with E-state index in [2.05, 4.69) is 21.2 Å². The van der Waals surface area contributed by atoms with Crippen molar-refractivity contribution in [3.8, 4) is 11.5 Å². The molecule has 2 aromatic rings. The summed E-state index contributed by atoms with van der Waals surface area (Å²) >= 11 is 3.22. The molecule has 0 saturated carbocycles. The Bertz CT molecular complexity index is 736. The molecule has 0 aromatic heterocycles. The summed E-state index contributed by atoms with van der Waals surface area (Å²) in [6.07, 6.45) is 0. The van der Waals surface area contributed by atoms with E-state index >= 15 is 0 Å². The molecule has 1 heterocycles. The van der Waals surface area contributed by atoms with Crippen LogP contribution in [0.3, 0.4) is 0 Å². The summed E-state index contributed by atoms with van der Waals surface area (Å²) in [6, 6.07) is 7.25. The molecule has 7 heteroatoms. The predicted molar refractivity (Wildman–Crippen MR) is 79.0 cm³/mol. The number of hydrogen-bond acceptors (Lipinski definition) is 4. The summed E-state index contributed by atoms with van der Waals surface area (Å²) in [5, 5.41) is 2.48. The van der Waals surface area contributed by atoms with Gasteiger partial charge in [0.05, 0.1) is 11.3 Å². The Morgan fingerprint density at radius 1 is 1.24 bits per heavy atom. The van der Waals surface area contributed by atoms with Crippen LogP contribution in [0.5, 0.6) is 11.5 Å². The molecule has 1 amide bonds. The maximum atomic E-state index is 13.7. The fraction of sp³-hybridized carbons (Fsp3) is 0.0714. The molecule has 5 nitrogen and oxygen atoms in total. The molecular weight excluding hydrogens is 343 g/mol. The second-order valence-corrected chi connectivity index (χ2v) is 5.29. The SMILES string of the molecule is Nc1cc2c(cc1C(=O)Nc1cc(Br)ccc1F)OCO2. The lowest BCUT2D eigenvalue weighted by Gasteiger charge is -2.09. The molecule has 108 valence electrons. The van der Waals surface area contributed by atoms with Gasteiger partial charge in [0.25, 0.3) is 5.91 Å². The monoisotopic (exact) mass is 352 g/mol. The van der Waals surface area contributed by atoms with Gasteiger partial charge in [-0.3, -0.25) is 4.79 Å². The molecule has 0 aliphatic carbocycles. The van der Waals surface area contributed by atoms with Crippen LogP contribution in [0.15, 0.2) is 34.8 Å². The second-order valence-electron chi connectivity index (χ2n) is 4.37. The zero-order valence-electron chi connectivity index (χ0n) is 10.7. The minimum atomic E-state index is -0.536. The van der Waals surface area contributed by atoms with Crippen molar-refractivity contribution in [1.82, 2.24) is 0 Å². The minimum Gasteiger partial charge on any atom is -0.454 e.